The summed E-state index contributed by atoms with van der Waals surface area (Å²) in [6, 6.07) is 15.8. The number of hydrogen-bond donors (Lipinski definition) is 3. The van der Waals surface area contributed by atoms with Gasteiger partial charge in [0, 0.05) is 63.9 Å². The first-order chi connectivity index (χ1) is 27.3. The molecule has 4 aromatic rings. The molecule has 16 heteroatoms. The summed E-state index contributed by atoms with van der Waals surface area (Å²) in [6.45, 7) is 6.17. The molecular weight excluding hydrogens is 775 g/mol. The van der Waals surface area contributed by atoms with Crippen LogP contribution >= 0.6 is 23.2 Å². The van der Waals surface area contributed by atoms with Crippen LogP contribution in [0.5, 0.6) is 11.5 Å². The molecule has 3 aliphatic heterocycles. The minimum Gasteiger partial charge on any atom is -0.496 e. The van der Waals surface area contributed by atoms with Crippen LogP contribution in [0.1, 0.15) is 55.6 Å². The van der Waals surface area contributed by atoms with E-state index < -0.39 is 18.1 Å². The molecule has 4 heterocycles. The molecular formula is C41H44Cl2N6O8. The third kappa shape index (κ3) is 8.59. The van der Waals surface area contributed by atoms with Gasteiger partial charge in [-0.2, -0.15) is 5.10 Å². The van der Waals surface area contributed by atoms with E-state index in [2.05, 4.69) is 10.6 Å². The van der Waals surface area contributed by atoms with Crippen molar-refractivity contribution >= 4 is 52.6 Å². The van der Waals surface area contributed by atoms with Crippen LogP contribution in [-0.2, 0) is 25.7 Å². The number of hydrogen-bond acceptors (Lipinski definition) is 9. The summed E-state index contributed by atoms with van der Waals surface area (Å²) < 4.78 is 19.5. The lowest BCUT2D eigenvalue weighted by Gasteiger charge is -2.41. The van der Waals surface area contributed by atoms with Crippen LogP contribution in [0.3, 0.4) is 0 Å². The summed E-state index contributed by atoms with van der Waals surface area (Å²) in [6.07, 6.45) is 1.07. The zero-order chi connectivity index (χ0) is 40.4. The van der Waals surface area contributed by atoms with E-state index in [0.717, 1.165) is 0 Å². The van der Waals surface area contributed by atoms with Crippen LogP contribution in [0.4, 0.5) is 5.69 Å². The standard InChI is InChI=1S/C41H44Cl2N6O8/c1-41(2)23-56-14-13-48(41)40(54)38-32-22-57-34-20-33(55-3)30(19-31(34)39(32)49(46-38)29-17-25(42)16-26(43)18-29)24-5-4-6-27(15-24)45-35(50)7-8-36(51)47(21-37(52)53)28-9-11-44-12-10-28/h4-6,15-20,28,44H,7-14,21-23H2,1-3H3,(H,45,50)(H,52,53). The van der Waals surface area contributed by atoms with Crippen molar-refractivity contribution in [2.45, 2.75) is 57.7 Å². The van der Waals surface area contributed by atoms with E-state index in [9.17, 15) is 24.3 Å². The molecule has 300 valence electrons. The van der Waals surface area contributed by atoms with Crippen molar-refractivity contribution in [3.63, 3.8) is 0 Å². The topological polar surface area (TPSA) is 165 Å². The Hall–Kier alpha value is -5.15. The second-order valence-electron chi connectivity index (χ2n) is 14.9. The molecule has 0 spiro atoms. The highest BCUT2D eigenvalue weighted by Crippen LogP contribution is 2.47. The van der Waals surface area contributed by atoms with Crippen LogP contribution in [-0.4, -0.2) is 106 Å². The highest BCUT2D eigenvalue weighted by atomic mass is 35.5. The van der Waals surface area contributed by atoms with Crippen molar-refractivity contribution in [2.24, 2.45) is 0 Å². The SMILES string of the molecule is COc1cc2c(cc1-c1cccc(NC(=O)CCC(=O)N(CC(=O)O)C3CCNCC3)c1)-c1c(c(C(=O)N3CCOCC3(C)C)nn1-c1cc(Cl)cc(Cl)c1)CO2. The molecule has 0 atom stereocenters. The van der Waals surface area contributed by atoms with Crippen molar-refractivity contribution in [3.05, 3.63) is 75.9 Å². The molecule has 14 nitrogen and oxygen atoms in total. The second-order valence-corrected chi connectivity index (χ2v) is 15.8. The number of nitrogens with zero attached hydrogens (tertiary/aromatic N) is 4. The minimum absolute atomic E-state index is 0.0704. The lowest BCUT2D eigenvalue weighted by Crippen LogP contribution is -2.55. The average molecular weight is 820 g/mol. The molecule has 57 heavy (non-hydrogen) atoms. The van der Waals surface area contributed by atoms with Crippen LogP contribution < -0.4 is 20.1 Å². The van der Waals surface area contributed by atoms with Gasteiger partial charge in [-0.1, -0.05) is 35.3 Å². The number of methoxy groups -OCH3 is 1. The maximum atomic E-state index is 14.3. The van der Waals surface area contributed by atoms with Gasteiger partial charge in [-0.25, -0.2) is 4.68 Å². The number of nitrogens with one attached hydrogen (secondary N) is 2. The van der Waals surface area contributed by atoms with Gasteiger partial charge in [0.05, 0.1) is 37.2 Å². The van der Waals surface area contributed by atoms with Crippen molar-refractivity contribution in [3.8, 4) is 39.6 Å². The molecule has 2 saturated heterocycles. The molecule has 0 aliphatic carbocycles. The van der Waals surface area contributed by atoms with Gasteiger partial charge in [0.15, 0.2) is 5.69 Å². The number of benzene rings is 3. The Bertz CT molecular complexity index is 2200. The Morgan fingerprint density at radius 3 is 2.49 bits per heavy atom. The number of carboxylic acid groups (broad SMARTS) is 1. The number of fused-ring (bicyclic) bond motifs is 3. The number of piperidine rings is 1. The number of rotatable bonds is 11. The van der Waals surface area contributed by atoms with Gasteiger partial charge in [-0.3, -0.25) is 19.2 Å². The molecule has 1 aromatic heterocycles. The highest BCUT2D eigenvalue weighted by Gasteiger charge is 2.39. The van der Waals surface area contributed by atoms with E-state index >= 15 is 0 Å². The summed E-state index contributed by atoms with van der Waals surface area (Å²) in [5.41, 5.74) is 3.96. The monoisotopic (exact) mass is 818 g/mol. The second kappa shape index (κ2) is 16.8. The van der Waals surface area contributed by atoms with Gasteiger partial charge < -0.3 is 39.8 Å². The molecule has 0 saturated carbocycles. The summed E-state index contributed by atoms with van der Waals surface area (Å²) in [7, 11) is 1.55. The van der Waals surface area contributed by atoms with Crippen molar-refractivity contribution in [1.82, 2.24) is 24.9 Å². The Morgan fingerprint density at radius 2 is 1.79 bits per heavy atom. The quantitative estimate of drug-likeness (QED) is 0.162. The van der Waals surface area contributed by atoms with E-state index in [0.29, 0.717) is 107 Å². The normalized spacial score (nSPS) is 16.2. The fraction of sp³-hybridized carbons (Fsp3) is 0.390. The Morgan fingerprint density at radius 1 is 1.04 bits per heavy atom. The molecule has 0 bridgehead atoms. The number of morpholine rings is 1. The molecule has 0 radical (unpaired) electrons. The van der Waals surface area contributed by atoms with Gasteiger partial charge in [0.2, 0.25) is 11.8 Å². The van der Waals surface area contributed by atoms with Crippen LogP contribution in [0.25, 0.3) is 28.1 Å². The predicted octanol–water partition coefficient (Wildman–Crippen LogP) is 6.05. The first-order valence-corrected chi connectivity index (χ1v) is 19.5. The van der Waals surface area contributed by atoms with Crippen LogP contribution in [0, 0.1) is 0 Å². The van der Waals surface area contributed by atoms with E-state index in [1.165, 1.54) is 4.90 Å². The number of ether oxygens (including phenoxy) is 3. The molecule has 7 rings (SSSR count). The molecule has 2 fully saturated rings. The number of aliphatic carboxylic acids is 1. The third-order valence-corrected chi connectivity index (χ3v) is 10.9. The predicted molar refractivity (Wildman–Crippen MR) is 214 cm³/mol. The van der Waals surface area contributed by atoms with E-state index in [-0.39, 0.29) is 48.9 Å². The number of halogens is 2. The van der Waals surface area contributed by atoms with Gasteiger partial charge in [-0.15, -0.1) is 0 Å². The van der Waals surface area contributed by atoms with Gasteiger partial charge in [0.1, 0.15) is 24.7 Å². The van der Waals surface area contributed by atoms with Gasteiger partial charge >= 0.3 is 5.97 Å². The number of aromatic nitrogens is 2. The summed E-state index contributed by atoms with van der Waals surface area (Å²) in [5, 5.41) is 21.3. The number of anilines is 1. The zero-order valence-electron chi connectivity index (χ0n) is 31.9. The Balaban J connectivity index is 1.20. The summed E-state index contributed by atoms with van der Waals surface area (Å²) in [5.74, 6) is -1.08. The maximum Gasteiger partial charge on any atom is 0.323 e. The van der Waals surface area contributed by atoms with Crippen LogP contribution in [0.2, 0.25) is 10.0 Å². The van der Waals surface area contributed by atoms with Crippen LogP contribution in [0.15, 0.2) is 54.6 Å². The number of carboxylic acids is 1. The highest BCUT2D eigenvalue weighted by molar-refractivity contribution is 6.34. The number of carbonyl (C=O) groups is 4. The lowest BCUT2D eigenvalue weighted by molar-refractivity contribution is -0.146. The third-order valence-electron chi connectivity index (χ3n) is 10.5. The first-order valence-electron chi connectivity index (χ1n) is 18.8. The van der Waals surface area contributed by atoms with E-state index in [1.807, 2.05) is 26.0 Å². The minimum atomic E-state index is -1.09. The fourth-order valence-corrected chi connectivity index (χ4v) is 8.21. The van der Waals surface area contributed by atoms with Crippen molar-refractivity contribution in [1.29, 1.82) is 0 Å². The molecule has 3 aliphatic rings. The Labute approximate surface area is 339 Å². The Kier molecular flexibility index (Phi) is 11.8. The van der Waals surface area contributed by atoms with E-state index in [1.54, 1.807) is 59.2 Å². The van der Waals surface area contributed by atoms with E-state index in [4.69, 9.17) is 42.5 Å². The van der Waals surface area contributed by atoms with Crippen molar-refractivity contribution < 1.29 is 38.5 Å². The largest absolute Gasteiger partial charge is 0.496 e. The molecule has 3 aromatic carbocycles. The summed E-state index contributed by atoms with van der Waals surface area (Å²) >= 11 is 13.0. The number of amides is 3. The molecule has 0 unspecified atom stereocenters. The number of carbonyl (C=O) groups excluding carboxylic acids is 3. The maximum absolute atomic E-state index is 14.3. The fourth-order valence-electron chi connectivity index (χ4n) is 7.69. The van der Waals surface area contributed by atoms with Gasteiger partial charge in [0.25, 0.3) is 5.91 Å². The summed E-state index contributed by atoms with van der Waals surface area (Å²) in [4.78, 5) is 55.3. The zero-order valence-corrected chi connectivity index (χ0v) is 33.4. The molecule has 3 amide bonds. The first kappa shape index (κ1) is 40.1. The lowest BCUT2D eigenvalue weighted by atomic mass is 9.95. The average Bonchev–Trinajstić information content (AvgIpc) is 3.58. The molecule has 3 N–H and O–H groups in total. The van der Waals surface area contributed by atoms with Crippen molar-refractivity contribution in [2.75, 3.05) is 51.8 Å². The smallest absolute Gasteiger partial charge is 0.323 e. The van der Waals surface area contributed by atoms with Gasteiger partial charge in [-0.05, 0) is 81.7 Å².